The molecule has 0 N–H and O–H groups in total. The maximum Gasteiger partial charge on any atom is 0.127 e. The van der Waals surface area contributed by atoms with Crippen LogP contribution in [0.4, 0.5) is 0 Å². The fraction of sp³-hybridized carbons (Fsp3) is 0.520. The van der Waals surface area contributed by atoms with Gasteiger partial charge in [-0.1, -0.05) is 50.3 Å². The molecule has 152 valence electrons. The highest BCUT2D eigenvalue weighted by Gasteiger charge is 2.08. The van der Waals surface area contributed by atoms with Gasteiger partial charge in [0.15, 0.2) is 0 Å². The molecule has 1 aliphatic heterocycles. The van der Waals surface area contributed by atoms with Gasteiger partial charge in [0.1, 0.15) is 17.2 Å². The second-order valence-electron chi connectivity index (χ2n) is 7.76. The second kappa shape index (κ2) is 12.5. The number of para-hydroxylation sites is 1. The number of ether oxygens (including phenoxy) is 2. The highest BCUT2D eigenvalue weighted by Crippen LogP contribution is 2.23. The van der Waals surface area contributed by atoms with Crippen LogP contribution < -0.4 is 9.47 Å². The Hall–Kier alpha value is -2.00. The molecule has 0 bridgehead atoms. The molecule has 1 heterocycles. The number of piperidine rings is 1. The molecular weight excluding hydrogens is 346 g/mol. The van der Waals surface area contributed by atoms with E-state index in [0.29, 0.717) is 0 Å². The first-order chi connectivity index (χ1) is 13.9. The lowest BCUT2D eigenvalue weighted by Gasteiger charge is -2.26. The third-order valence-electron chi connectivity index (χ3n) is 5.39. The number of unbranched alkanes of at least 4 members (excludes halogenated alkanes) is 5. The van der Waals surface area contributed by atoms with Crippen LogP contribution in [-0.2, 0) is 0 Å². The lowest BCUT2D eigenvalue weighted by atomic mass is 10.1. The Balaban J connectivity index is 1.19. The summed E-state index contributed by atoms with van der Waals surface area (Å²) in [7, 11) is 0. The van der Waals surface area contributed by atoms with E-state index in [0.717, 1.165) is 30.3 Å². The maximum absolute atomic E-state index is 5.86. The summed E-state index contributed by atoms with van der Waals surface area (Å²) in [6, 6.07) is 17.7. The minimum atomic E-state index is 0.798. The molecule has 0 spiro atoms. The molecule has 0 saturated carbocycles. The number of hydrogen-bond acceptors (Lipinski definition) is 3. The summed E-state index contributed by atoms with van der Waals surface area (Å²) in [6.45, 7) is 4.77. The summed E-state index contributed by atoms with van der Waals surface area (Å²) in [6.07, 6.45) is 12.1. The van der Waals surface area contributed by atoms with Crippen molar-refractivity contribution < 1.29 is 9.47 Å². The number of benzene rings is 2. The topological polar surface area (TPSA) is 21.7 Å². The van der Waals surface area contributed by atoms with Gasteiger partial charge in [-0.05, 0) is 81.7 Å². The van der Waals surface area contributed by atoms with Gasteiger partial charge >= 0.3 is 0 Å². The molecule has 3 rings (SSSR count). The van der Waals surface area contributed by atoms with E-state index in [1.165, 1.54) is 71.0 Å². The smallest absolute Gasteiger partial charge is 0.127 e. The fourth-order valence-corrected chi connectivity index (χ4v) is 3.75. The minimum Gasteiger partial charge on any atom is -0.494 e. The lowest BCUT2D eigenvalue weighted by molar-refractivity contribution is 0.224. The quantitative estimate of drug-likeness (QED) is 0.383. The zero-order valence-electron chi connectivity index (χ0n) is 17.2. The van der Waals surface area contributed by atoms with Gasteiger partial charge in [0.25, 0.3) is 0 Å². The monoisotopic (exact) mass is 381 g/mol. The highest BCUT2D eigenvalue weighted by molar-refractivity contribution is 5.35. The molecule has 0 aromatic heterocycles. The first kappa shape index (κ1) is 20.7. The molecule has 0 radical (unpaired) electrons. The first-order valence-electron chi connectivity index (χ1n) is 11.1. The van der Waals surface area contributed by atoms with E-state index in [1.807, 2.05) is 54.6 Å². The molecule has 1 aliphatic rings. The molecular formula is C25H35NO2. The Morgan fingerprint density at radius 1 is 0.607 bits per heavy atom. The van der Waals surface area contributed by atoms with Crippen molar-refractivity contribution in [2.45, 2.75) is 57.8 Å². The van der Waals surface area contributed by atoms with E-state index in [2.05, 4.69) is 4.90 Å². The number of nitrogens with zero attached hydrogens (tertiary/aromatic N) is 1. The summed E-state index contributed by atoms with van der Waals surface area (Å²) < 4.78 is 11.7. The van der Waals surface area contributed by atoms with Crippen molar-refractivity contribution in [2.75, 3.05) is 26.2 Å². The standard InChI is InChI=1S/C25H35NO2/c1(3-9-19-26-20-10-6-11-21-26)2-4-12-22-27-23-15-17-25(18-16-23)28-24-13-7-5-8-14-24/h5,7-8,13-18H,1-4,6,9-12,19-22H2. The number of hydrogen-bond donors (Lipinski definition) is 0. The van der Waals surface area contributed by atoms with Crippen LogP contribution in [0.15, 0.2) is 54.6 Å². The Kier molecular flexibility index (Phi) is 9.22. The molecule has 3 nitrogen and oxygen atoms in total. The van der Waals surface area contributed by atoms with E-state index in [9.17, 15) is 0 Å². The molecule has 2 aromatic carbocycles. The van der Waals surface area contributed by atoms with Crippen LogP contribution in [0.25, 0.3) is 0 Å². The van der Waals surface area contributed by atoms with Crippen LogP contribution in [0.5, 0.6) is 17.2 Å². The average molecular weight is 382 g/mol. The molecule has 3 heteroatoms. The van der Waals surface area contributed by atoms with Crippen LogP contribution in [0, 0.1) is 0 Å². The van der Waals surface area contributed by atoms with Crippen molar-refractivity contribution in [1.29, 1.82) is 0 Å². The predicted octanol–water partition coefficient (Wildman–Crippen LogP) is 6.68. The first-order valence-corrected chi connectivity index (χ1v) is 11.1. The fourth-order valence-electron chi connectivity index (χ4n) is 3.75. The molecule has 28 heavy (non-hydrogen) atoms. The van der Waals surface area contributed by atoms with Crippen molar-refractivity contribution in [1.82, 2.24) is 4.90 Å². The average Bonchev–Trinajstić information content (AvgIpc) is 2.75. The van der Waals surface area contributed by atoms with E-state index >= 15 is 0 Å². The normalized spacial score (nSPS) is 14.7. The summed E-state index contributed by atoms with van der Waals surface area (Å²) >= 11 is 0. The molecule has 1 fully saturated rings. The molecule has 1 saturated heterocycles. The molecule has 0 aliphatic carbocycles. The van der Waals surface area contributed by atoms with Crippen LogP contribution in [0.2, 0.25) is 0 Å². The van der Waals surface area contributed by atoms with E-state index < -0.39 is 0 Å². The Morgan fingerprint density at radius 2 is 1.21 bits per heavy atom. The second-order valence-corrected chi connectivity index (χ2v) is 7.76. The molecule has 2 aromatic rings. The third-order valence-corrected chi connectivity index (χ3v) is 5.39. The Labute approximate surface area is 170 Å². The van der Waals surface area contributed by atoms with Gasteiger partial charge in [-0.15, -0.1) is 0 Å². The Morgan fingerprint density at radius 3 is 1.96 bits per heavy atom. The van der Waals surface area contributed by atoms with Crippen molar-refractivity contribution in [3.8, 4) is 17.2 Å². The zero-order valence-corrected chi connectivity index (χ0v) is 17.2. The van der Waals surface area contributed by atoms with Crippen molar-refractivity contribution in [3.05, 3.63) is 54.6 Å². The van der Waals surface area contributed by atoms with Crippen LogP contribution in [-0.4, -0.2) is 31.1 Å². The van der Waals surface area contributed by atoms with E-state index in [1.54, 1.807) is 0 Å². The van der Waals surface area contributed by atoms with E-state index in [-0.39, 0.29) is 0 Å². The van der Waals surface area contributed by atoms with Gasteiger partial charge in [-0.2, -0.15) is 0 Å². The molecule has 0 amide bonds. The van der Waals surface area contributed by atoms with Gasteiger partial charge in [0, 0.05) is 0 Å². The Bertz CT molecular complexity index is 635. The SMILES string of the molecule is c1ccc(Oc2ccc(OCCCCCCCCN3CCCCC3)cc2)cc1. The van der Waals surface area contributed by atoms with Crippen molar-refractivity contribution in [2.24, 2.45) is 0 Å². The highest BCUT2D eigenvalue weighted by atomic mass is 16.5. The summed E-state index contributed by atoms with van der Waals surface area (Å²) in [4.78, 5) is 2.65. The minimum absolute atomic E-state index is 0.798. The van der Waals surface area contributed by atoms with Gasteiger partial charge in [0.05, 0.1) is 6.61 Å². The maximum atomic E-state index is 5.86. The van der Waals surface area contributed by atoms with Gasteiger partial charge in [-0.25, -0.2) is 0 Å². The van der Waals surface area contributed by atoms with Crippen molar-refractivity contribution >= 4 is 0 Å². The summed E-state index contributed by atoms with van der Waals surface area (Å²) in [5.41, 5.74) is 0. The van der Waals surface area contributed by atoms with Gasteiger partial charge in [-0.3, -0.25) is 0 Å². The lowest BCUT2D eigenvalue weighted by Crippen LogP contribution is -2.30. The predicted molar refractivity (Wildman–Crippen MR) is 116 cm³/mol. The number of likely N-dealkylation sites (tertiary alicyclic amines) is 1. The third kappa shape index (κ3) is 7.93. The van der Waals surface area contributed by atoms with Crippen LogP contribution in [0.3, 0.4) is 0 Å². The number of rotatable bonds is 12. The summed E-state index contributed by atoms with van der Waals surface area (Å²) in [5.74, 6) is 2.61. The zero-order chi connectivity index (χ0) is 19.3. The van der Waals surface area contributed by atoms with Crippen LogP contribution in [0.1, 0.15) is 57.8 Å². The van der Waals surface area contributed by atoms with Crippen LogP contribution >= 0.6 is 0 Å². The van der Waals surface area contributed by atoms with E-state index in [4.69, 9.17) is 9.47 Å². The van der Waals surface area contributed by atoms with Crippen molar-refractivity contribution in [3.63, 3.8) is 0 Å². The molecule has 0 atom stereocenters. The molecule has 0 unspecified atom stereocenters. The largest absolute Gasteiger partial charge is 0.494 e. The van der Waals surface area contributed by atoms with Gasteiger partial charge in [0.2, 0.25) is 0 Å². The summed E-state index contributed by atoms with van der Waals surface area (Å²) in [5, 5.41) is 0. The van der Waals surface area contributed by atoms with Gasteiger partial charge < -0.3 is 14.4 Å².